The SMILES string of the molecule is O=C(O)CCCNC(=O)/C=C(\Br)C(=O)NCCCC(=O)O. The van der Waals surface area contributed by atoms with Crippen LogP contribution in [0, 0.1) is 0 Å². The van der Waals surface area contributed by atoms with Gasteiger partial charge < -0.3 is 20.8 Å². The van der Waals surface area contributed by atoms with Crippen molar-refractivity contribution < 1.29 is 29.4 Å². The molecule has 0 aromatic rings. The lowest BCUT2D eigenvalue weighted by Crippen LogP contribution is -2.27. The number of nitrogens with one attached hydrogen (secondary N) is 2. The van der Waals surface area contributed by atoms with Gasteiger partial charge in [-0.1, -0.05) is 0 Å². The fourth-order valence-corrected chi connectivity index (χ4v) is 1.56. The van der Waals surface area contributed by atoms with E-state index in [4.69, 9.17) is 10.2 Å². The van der Waals surface area contributed by atoms with Crippen molar-refractivity contribution in [1.29, 1.82) is 0 Å². The summed E-state index contributed by atoms with van der Waals surface area (Å²) in [6.07, 6.45) is 1.53. The first-order chi connectivity index (χ1) is 9.82. The highest BCUT2D eigenvalue weighted by atomic mass is 79.9. The zero-order valence-corrected chi connectivity index (χ0v) is 12.8. The number of amides is 2. The number of carboxylic acid groups (broad SMARTS) is 2. The van der Waals surface area contributed by atoms with Crippen LogP contribution in [0.15, 0.2) is 10.6 Å². The highest BCUT2D eigenvalue weighted by Gasteiger charge is 2.08. The van der Waals surface area contributed by atoms with E-state index in [1.54, 1.807) is 0 Å². The Labute approximate surface area is 129 Å². The third-order valence-electron chi connectivity index (χ3n) is 2.19. The minimum Gasteiger partial charge on any atom is -0.481 e. The lowest BCUT2D eigenvalue weighted by Gasteiger charge is -2.04. The van der Waals surface area contributed by atoms with E-state index >= 15 is 0 Å². The van der Waals surface area contributed by atoms with Crippen molar-refractivity contribution in [2.24, 2.45) is 0 Å². The van der Waals surface area contributed by atoms with Gasteiger partial charge in [0.1, 0.15) is 0 Å². The van der Waals surface area contributed by atoms with E-state index in [1.165, 1.54) is 0 Å². The second-order valence-electron chi connectivity index (χ2n) is 4.03. The normalized spacial score (nSPS) is 10.8. The summed E-state index contributed by atoms with van der Waals surface area (Å²) in [6.45, 7) is 0.385. The summed E-state index contributed by atoms with van der Waals surface area (Å²) >= 11 is 2.93. The summed E-state index contributed by atoms with van der Waals surface area (Å²) in [6, 6.07) is 0. The van der Waals surface area contributed by atoms with E-state index in [2.05, 4.69) is 26.6 Å². The van der Waals surface area contributed by atoms with Gasteiger partial charge in [-0.15, -0.1) is 0 Å². The predicted octanol–water partition coefficient (Wildman–Crippen LogP) is 0.227. The van der Waals surface area contributed by atoms with Crippen molar-refractivity contribution in [3.8, 4) is 0 Å². The summed E-state index contributed by atoms with van der Waals surface area (Å²) in [7, 11) is 0. The lowest BCUT2D eigenvalue weighted by molar-refractivity contribution is -0.138. The van der Waals surface area contributed by atoms with E-state index in [1.807, 2.05) is 0 Å². The van der Waals surface area contributed by atoms with Crippen molar-refractivity contribution in [2.45, 2.75) is 25.7 Å². The molecule has 9 heteroatoms. The fraction of sp³-hybridized carbons (Fsp3) is 0.500. The van der Waals surface area contributed by atoms with Gasteiger partial charge in [-0.05, 0) is 28.8 Å². The molecule has 0 bridgehead atoms. The molecule has 0 heterocycles. The Kier molecular flexibility index (Phi) is 9.86. The molecule has 2 amide bonds. The van der Waals surface area contributed by atoms with Gasteiger partial charge >= 0.3 is 11.9 Å². The molecule has 0 aliphatic carbocycles. The first-order valence-electron chi connectivity index (χ1n) is 6.19. The molecule has 0 radical (unpaired) electrons. The van der Waals surface area contributed by atoms with Crippen molar-refractivity contribution >= 4 is 39.7 Å². The van der Waals surface area contributed by atoms with E-state index < -0.39 is 23.8 Å². The van der Waals surface area contributed by atoms with Crippen LogP contribution < -0.4 is 10.6 Å². The maximum atomic E-state index is 11.5. The molecule has 0 aliphatic heterocycles. The summed E-state index contributed by atoms with van der Waals surface area (Å²) in [4.78, 5) is 43.4. The van der Waals surface area contributed by atoms with E-state index in [0.29, 0.717) is 12.8 Å². The molecule has 0 rings (SSSR count). The summed E-state index contributed by atoms with van der Waals surface area (Å²) in [5.74, 6) is -2.93. The van der Waals surface area contributed by atoms with Crippen LogP contribution in [0.4, 0.5) is 0 Å². The molecule has 118 valence electrons. The zero-order chi connectivity index (χ0) is 16.3. The van der Waals surface area contributed by atoms with E-state index in [9.17, 15) is 19.2 Å². The third kappa shape index (κ3) is 11.6. The Hall–Kier alpha value is -1.90. The first kappa shape index (κ1) is 19.1. The largest absolute Gasteiger partial charge is 0.481 e. The number of carboxylic acids is 2. The smallest absolute Gasteiger partial charge is 0.303 e. The molecule has 0 fully saturated rings. The van der Waals surface area contributed by atoms with Crippen LogP contribution in [0.25, 0.3) is 0 Å². The Morgan fingerprint density at radius 3 is 1.86 bits per heavy atom. The van der Waals surface area contributed by atoms with Crippen LogP contribution in [-0.4, -0.2) is 47.1 Å². The molecule has 0 unspecified atom stereocenters. The topological polar surface area (TPSA) is 133 Å². The van der Waals surface area contributed by atoms with Gasteiger partial charge in [0.25, 0.3) is 5.91 Å². The Morgan fingerprint density at radius 1 is 0.905 bits per heavy atom. The van der Waals surface area contributed by atoms with Crippen LogP contribution in [-0.2, 0) is 19.2 Å². The number of hydrogen-bond donors (Lipinski definition) is 4. The highest BCUT2D eigenvalue weighted by Crippen LogP contribution is 2.04. The summed E-state index contributed by atoms with van der Waals surface area (Å²) in [5, 5.41) is 21.7. The number of carbonyl (C=O) groups is 4. The second kappa shape index (κ2) is 10.8. The van der Waals surface area contributed by atoms with E-state index in [-0.39, 0.29) is 30.4 Å². The predicted molar refractivity (Wildman–Crippen MR) is 76.8 cm³/mol. The molecule has 8 nitrogen and oxygen atoms in total. The zero-order valence-electron chi connectivity index (χ0n) is 11.2. The van der Waals surface area contributed by atoms with Crippen LogP contribution in [0.5, 0.6) is 0 Å². The minimum atomic E-state index is -0.945. The standard InChI is InChI=1S/C12H17BrN2O6/c13-8(12(21)15-6-2-4-11(19)20)7-9(16)14-5-1-3-10(17)18/h7H,1-6H2,(H,14,16)(H,15,21)(H,17,18)(H,19,20)/b8-7-. The van der Waals surface area contributed by atoms with Gasteiger partial charge in [0.2, 0.25) is 5.91 Å². The van der Waals surface area contributed by atoms with Gasteiger partial charge in [0.15, 0.2) is 0 Å². The van der Waals surface area contributed by atoms with Crippen molar-refractivity contribution in [3.63, 3.8) is 0 Å². The minimum absolute atomic E-state index is 0.00793. The molecule has 0 aromatic heterocycles. The molecule has 0 saturated carbocycles. The number of rotatable bonds is 10. The molecule has 4 N–H and O–H groups in total. The molecular weight excluding hydrogens is 348 g/mol. The number of halogens is 1. The quantitative estimate of drug-likeness (QED) is 0.324. The monoisotopic (exact) mass is 364 g/mol. The molecule has 21 heavy (non-hydrogen) atoms. The molecule has 0 aliphatic rings. The molecule has 0 spiro atoms. The van der Waals surface area contributed by atoms with Crippen LogP contribution in [0.2, 0.25) is 0 Å². The van der Waals surface area contributed by atoms with Crippen LogP contribution in [0.1, 0.15) is 25.7 Å². The number of carbonyl (C=O) groups excluding carboxylic acids is 2. The Morgan fingerprint density at radius 2 is 1.38 bits per heavy atom. The number of aliphatic carboxylic acids is 2. The highest BCUT2D eigenvalue weighted by molar-refractivity contribution is 9.12. The maximum absolute atomic E-state index is 11.5. The van der Waals surface area contributed by atoms with E-state index in [0.717, 1.165) is 6.08 Å². The number of hydrogen-bond acceptors (Lipinski definition) is 4. The Bertz CT molecular complexity index is 435. The fourth-order valence-electron chi connectivity index (χ4n) is 1.21. The van der Waals surface area contributed by atoms with Crippen LogP contribution in [0.3, 0.4) is 0 Å². The Balaban J connectivity index is 3.97. The van der Waals surface area contributed by atoms with Crippen molar-refractivity contribution in [2.75, 3.05) is 13.1 Å². The van der Waals surface area contributed by atoms with Gasteiger partial charge in [0.05, 0.1) is 4.48 Å². The average molecular weight is 365 g/mol. The maximum Gasteiger partial charge on any atom is 0.303 e. The summed E-state index contributed by atoms with van der Waals surface area (Å²) in [5.41, 5.74) is 0. The molecule has 0 saturated heterocycles. The van der Waals surface area contributed by atoms with Gasteiger partial charge in [-0.25, -0.2) is 0 Å². The lowest BCUT2D eigenvalue weighted by atomic mass is 10.3. The summed E-state index contributed by atoms with van der Waals surface area (Å²) < 4.78 is 0.00793. The molecule has 0 atom stereocenters. The van der Waals surface area contributed by atoms with Crippen LogP contribution >= 0.6 is 15.9 Å². The van der Waals surface area contributed by atoms with Gasteiger partial charge in [-0.3, -0.25) is 19.2 Å². The first-order valence-corrected chi connectivity index (χ1v) is 6.99. The molecule has 0 aromatic carbocycles. The van der Waals surface area contributed by atoms with Crippen molar-refractivity contribution in [3.05, 3.63) is 10.6 Å². The van der Waals surface area contributed by atoms with Gasteiger partial charge in [-0.2, -0.15) is 0 Å². The molecular formula is C12H17BrN2O6. The second-order valence-corrected chi connectivity index (χ2v) is 4.89. The third-order valence-corrected chi connectivity index (χ3v) is 2.78. The van der Waals surface area contributed by atoms with Gasteiger partial charge in [0, 0.05) is 32.0 Å². The van der Waals surface area contributed by atoms with Crippen molar-refractivity contribution in [1.82, 2.24) is 10.6 Å². The average Bonchev–Trinajstić information content (AvgIpc) is 2.39.